The van der Waals surface area contributed by atoms with Crippen LogP contribution in [0.25, 0.3) is 0 Å². The van der Waals surface area contributed by atoms with Crippen molar-refractivity contribution in [3.05, 3.63) is 54.4 Å². The summed E-state index contributed by atoms with van der Waals surface area (Å²) in [6.07, 6.45) is 2.21. The molecule has 0 bridgehead atoms. The van der Waals surface area contributed by atoms with E-state index in [0.29, 0.717) is 25.7 Å². The average Bonchev–Trinajstić information content (AvgIpc) is 2.68. The number of hydrogen-bond donors (Lipinski definition) is 2. The highest BCUT2D eigenvalue weighted by Gasteiger charge is 2.34. The van der Waals surface area contributed by atoms with Gasteiger partial charge in [0.05, 0.1) is 30.1 Å². The Morgan fingerprint density at radius 2 is 0.875 bits per heavy atom. The van der Waals surface area contributed by atoms with Crippen molar-refractivity contribution in [2.75, 3.05) is 0 Å². The normalized spacial score (nSPS) is 19.8. The monoisotopic (exact) mass is 598 g/mol. The molecule has 0 heterocycles. The minimum absolute atomic E-state index is 0.0200. The second-order valence-corrected chi connectivity index (χ2v) is 12.9. The van der Waals surface area contributed by atoms with E-state index in [0.717, 1.165) is 12.1 Å². The first-order chi connectivity index (χ1) is 14.8. The molecule has 1 aliphatic carbocycles. The lowest BCUT2D eigenvalue weighted by molar-refractivity contribution is 0.340. The summed E-state index contributed by atoms with van der Waals surface area (Å²) in [5.74, 6) is 0. The Bertz CT molecular complexity index is 1160. The fraction of sp³-hybridized carbons (Fsp3) is 0.333. The molecule has 176 valence electrons. The molecule has 2 N–H and O–H groups in total. The molecule has 14 heteroatoms. The van der Waals surface area contributed by atoms with Gasteiger partial charge in [-0.2, -0.15) is 0 Å². The number of sulfonamides is 2. The Hall–Kier alpha value is -0.000000000000000222. The van der Waals surface area contributed by atoms with Crippen LogP contribution in [0.2, 0.25) is 30.1 Å². The molecule has 2 aromatic carbocycles. The van der Waals surface area contributed by atoms with Gasteiger partial charge in [0.15, 0.2) is 0 Å². The standard InChI is InChI=1S/C18H16Cl6N2O4S2/c19-9-5-13(23)17(7-11(9)21)31(27,28)25-15-3-1-2-4-16(15)26-32(29,30)18-8-12(22)10(20)6-14(18)24/h5-8,15-16,25-26H,1-4H2/t15-,16-/m0/s1. The third kappa shape index (κ3) is 5.97. The van der Waals surface area contributed by atoms with Crippen molar-refractivity contribution in [3.63, 3.8) is 0 Å². The van der Waals surface area contributed by atoms with E-state index in [9.17, 15) is 16.8 Å². The van der Waals surface area contributed by atoms with Crippen LogP contribution in [0.4, 0.5) is 0 Å². The minimum atomic E-state index is -4.13. The molecule has 0 aliphatic heterocycles. The maximum Gasteiger partial charge on any atom is 0.242 e. The Labute approximate surface area is 216 Å². The van der Waals surface area contributed by atoms with Gasteiger partial charge in [-0.1, -0.05) is 82.4 Å². The Balaban J connectivity index is 1.88. The topological polar surface area (TPSA) is 92.3 Å². The maximum absolute atomic E-state index is 13.0. The van der Waals surface area contributed by atoms with E-state index in [-0.39, 0.29) is 39.9 Å². The van der Waals surface area contributed by atoms with Crippen molar-refractivity contribution < 1.29 is 16.8 Å². The molecule has 0 amide bonds. The number of hydrogen-bond acceptors (Lipinski definition) is 4. The van der Waals surface area contributed by atoms with Gasteiger partial charge in [0.25, 0.3) is 0 Å². The van der Waals surface area contributed by atoms with Gasteiger partial charge in [-0.15, -0.1) is 0 Å². The first-order valence-corrected chi connectivity index (χ1v) is 14.4. The second-order valence-electron chi connectivity index (χ2n) is 7.13. The van der Waals surface area contributed by atoms with Gasteiger partial charge >= 0.3 is 0 Å². The molecule has 2 aromatic rings. The van der Waals surface area contributed by atoms with Gasteiger partial charge in [-0.05, 0) is 37.1 Å². The van der Waals surface area contributed by atoms with E-state index < -0.39 is 32.1 Å². The van der Waals surface area contributed by atoms with Crippen molar-refractivity contribution in [3.8, 4) is 0 Å². The lowest BCUT2D eigenvalue weighted by Crippen LogP contribution is -2.53. The number of benzene rings is 2. The maximum atomic E-state index is 13.0. The van der Waals surface area contributed by atoms with E-state index >= 15 is 0 Å². The zero-order valence-electron chi connectivity index (χ0n) is 16.0. The van der Waals surface area contributed by atoms with Gasteiger partial charge in [0, 0.05) is 12.1 Å². The second kappa shape index (κ2) is 10.3. The number of rotatable bonds is 6. The summed E-state index contributed by atoms with van der Waals surface area (Å²) in [7, 11) is -8.26. The first kappa shape index (κ1) is 26.6. The van der Waals surface area contributed by atoms with E-state index in [1.54, 1.807) is 0 Å². The molecular weight excluding hydrogens is 585 g/mol. The van der Waals surface area contributed by atoms with E-state index in [1.807, 2.05) is 0 Å². The summed E-state index contributed by atoms with van der Waals surface area (Å²) in [4.78, 5) is -0.512. The van der Waals surface area contributed by atoms with Gasteiger partial charge in [-0.25, -0.2) is 26.3 Å². The largest absolute Gasteiger partial charge is 0.242 e. The van der Waals surface area contributed by atoms with Crippen LogP contribution < -0.4 is 9.44 Å². The van der Waals surface area contributed by atoms with Crippen molar-refractivity contribution in [2.24, 2.45) is 0 Å². The van der Waals surface area contributed by atoms with Crippen molar-refractivity contribution in [2.45, 2.75) is 47.6 Å². The minimum Gasteiger partial charge on any atom is -0.207 e. The highest BCUT2D eigenvalue weighted by Crippen LogP contribution is 2.34. The van der Waals surface area contributed by atoms with Crippen molar-refractivity contribution >= 4 is 89.7 Å². The van der Waals surface area contributed by atoms with Gasteiger partial charge in [0.2, 0.25) is 20.0 Å². The van der Waals surface area contributed by atoms with Crippen LogP contribution in [-0.2, 0) is 20.0 Å². The highest BCUT2D eigenvalue weighted by molar-refractivity contribution is 7.90. The molecule has 0 aromatic heterocycles. The van der Waals surface area contributed by atoms with Crippen molar-refractivity contribution in [1.82, 2.24) is 9.44 Å². The summed E-state index contributed by atoms with van der Waals surface area (Å²) >= 11 is 35.8. The van der Waals surface area contributed by atoms with Crippen LogP contribution in [0, 0.1) is 0 Å². The summed E-state index contributed by atoms with van der Waals surface area (Å²) in [6, 6.07) is 3.27. The van der Waals surface area contributed by atoms with Gasteiger partial charge in [-0.3, -0.25) is 0 Å². The molecule has 1 aliphatic rings. The Morgan fingerprint density at radius 1 is 0.562 bits per heavy atom. The Kier molecular flexibility index (Phi) is 8.58. The lowest BCUT2D eigenvalue weighted by Gasteiger charge is -2.32. The molecule has 2 atom stereocenters. The van der Waals surface area contributed by atoms with Gasteiger partial charge in [0.1, 0.15) is 9.79 Å². The van der Waals surface area contributed by atoms with E-state index in [1.165, 1.54) is 12.1 Å². The van der Waals surface area contributed by atoms with E-state index in [2.05, 4.69) is 9.44 Å². The zero-order chi connectivity index (χ0) is 23.8. The van der Waals surface area contributed by atoms with Crippen LogP contribution in [-0.4, -0.2) is 28.9 Å². The average molecular weight is 601 g/mol. The quantitative estimate of drug-likeness (QED) is 0.388. The predicted molar refractivity (Wildman–Crippen MR) is 130 cm³/mol. The van der Waals surface area contributed by atoms with Crippen LogP contribution in [0.1, 0.15) is 25.7 Å². The molecule has 1 fully saturated rings. The summed E-state index contributed by atoms with van der Waals surface area (Å²) in [5, 5.41) is 0.0397. The summed E-state index contributed by atoms with van der Waals surface area (Å²) in [5.41, 5.74) is 0. The van der Waals surface area contributed by atoms with Crippen LogP contribution in [0.5, 0.6) is 0 Å². The molecule has 0 saturated heterocycles. The van der Waals surface area contributed by atoms with Crippen LogP contribution in [0.15, 0.2) is 34.1 Å². The third-order valence-electron chi connectivity index (χ3n) is 4.91. The first-order valence-electron chi connectivity index (χ1n) is 9.15. The lowest BCUT2D eigenvalue weighted by atomic mass is 9.92. The number of halogens is 6. The highest BCUT2D eigenvalue weighted by atomic mass is 35.5. The van der Waals surface area contributed by atoms with Crippen LogP contribution in [0.3, 0.4) is 0 Å². The third-order valence-corrected chi connectivity index (χ3v) is 10.3. The molecular formula is C18H16Cl6N2O4S2. The SMILES string of the molecule is O=S(=O)(N[C@H]1CCCC[C@@H]1NS(=O)(=O)c1cc(Cl)c(Cl)cc1Cl)c1cc(Cl)c(Cl)cc1Cl. The predicted octanol–water partition coefficient (Wildman–Crippen LogP) is 6.18. The summed E-state index contributed by atoms with van der Waals surface area (Å²) < 4.78 is 57.0. The zero-order valence-corrected chi connectivity index (χ0v) is 22.2. The van der Waals surface area contributed by atoms with Crippen molar-refractivity contribution in [1.29, 1.82) is 0 Å². The molecule has 6 nitrogen and oxygen atoms in total. The molecule has 0 radical (unpaired) electrons. The van der Waals surface area contributed by atoms with E-state index in [4.69, 9.17) is 69.6 Å². The summed E-state index contributed by atoms with van der Waals surface area (Å²) in [6.45, 7) is 0. The fourth-order valence-corrected chi connectivity index (χ4v) is 7.98. The smallest absolute Gasteiger partial charge is 0.207 e. The van der Waals surface area contributed by atoms with Gasteiger partial charge < -0.3 is 0 Å². The number of nitrogens with one attached hydrogen (secondary N) is 2. The molecule has 3 rings (SSSR count). The molecule has 0 spiro atoms. The van der Waals surface area contributed by atoms with Crippen LogP contribution >= 0.6 is 69.6 Å². The fourth-order valence-electron chi connectivity index (χ4n) is 3.36. The molecule has 1 saturated carbocycles. The Morgan fingerprint density at radius 3 is 1.22 bits per heavy atom. The molecule has 0 unspecified atom stereocenters. The molecule has 32 heavy (non-hydrogen) atoms.